The van der Waals surface area contributed by atoms with Crippen molar-refractivity contribution in [3.63, 3.8) is 0 Å². The summed E-state index contributed by atoms with van der Waals surface area (Å²) < 4.78 is 47.0. The second kappa shape index (κ2) is 7.55. The van der Waals surface area contributed by atoms with Gasteiger partial charge in [0.05, 0.1) is 26.2 Å². The van der Waals surface area contributed by atoms with E-state index in [1.807, 2.05) is 6.07 Å². The van der Waals surface area contributed by atoms with E-state index in [2.05, 4.69) is 0 Å². The monoisotopic (exact) mass is 352 g/mol. The van der Waals surface area contributed by atoms with Crippen LogP contribution < -0.4 is 14.2 Å². The Hall–Kier alpha value is -2.25. The minimum absolute atomic E-state index is 0.116. The van der Waals surface area contributed by atoms with Crippen molar-refractivity contribution in [2.24, 2.45) is 0 Å². The van der Waals surface area contributed by atoms with E-state index in [1.54, 1.807) is 39.5 Å². The molecule has 2 aromatic rings. The smallest absolute Gasteiger partial charge is 0.294 e. The number of hydrogen-bond acceptors (Lipinski definition) is 5. The molecule has 0 atom stereocenters. The van der Waals surface area contributed by atoms with Crippen LogP contribution in [0.5, 0.6) is 17.2 Å². The van der Waals surface area contributed by atoms with Crippen LogP contribution in [0.4, 0.5) is 0 Å². The van der Waals surface area contributed by atoms with Gasteiger partial charge in [-0.2, -0.15) is 8.42 Å². The number of benzene rings is 2. The molecule has 1 N–H and O–H groups in total. The molecule has 130 valence electrons. The van der Waals surface area contributed by atoms with Gasteiger partial charge in [0.15, 0.2) is 11.5 Å². The third kappa shape index (κ3) is 4.18. The highest BCUT2D eigenvalue weighted by Crippen LogP contribution is 2.35. The fourth-order valence-corrected chi connectivity index (χ4v) is 2.87. The Morgan fingerprint density at radius 3 is 1.88 bits per heavy atom. The highest BCUT2D eigenvalue weighted by molar-refractivity contribution is 7.85. The van der Waals surface area contributed by atoms with E-state index in [0.717, 1.165) is 11.1 Å². The summed E-state index contributed by atoms with van der Waals surface area (Å²) in [5.74, 6) is 1.91. The molecule has 0 amide bonds. The van der Waals surface area contributed by atoms with Crippen LogP contribution in [0.1, 0.15) is 11.1 Å². The van der Waals surface area contributed by atoms with Crippen LogP contribution in [0.3, 0.4) is 0 Å². The van der Waals surface area contributed by atoms with Gasteiger partial charge in [-0.05, 0) is 42.2 Å². The van der Waals surface area contributed by atoms with Crippen LogP contribution >= 0.6 is 0 Å². The summed E-state index contributed by atoms with van der Waals surface area (Å²) in [4.78, 5) is -0.116. The Labute approximate surface area is 141 Å². The van der Waals surface area contributed by atoms with E-state index in [-0.39, 0.29) is 4.90 Å². The SMILES string of the molecule is COc1cc(OC)c(OC)cc1CCc1ccc(S(=O)(=O)O)cc1. The maximum absolute atomic E-state index is 11.1. The molecule has 0 radical (unpaired) electrons. The minimum atomic E-state index is -4.16. The van der Waals surface area contributed by atoms with Gasteiger partial charge in [0.25, 0.3) is 10.1 Å². The number of rotatable bonds is 7. The molecule has 0 aliphatic carbocycles. The van der Waals surface area contributed by atoms with Crippen LogP contribution in [0.25, 0.3) is 0 Å². The van der Waals surface area contributed by atoms with E-state index in [4.69, 9.17) is 18.8 Å². The molecule has 2 aromatic carbocycles. The summed E-state index contributed by atoms with van der Waals surface area (Å²) in [6.45, 7) is 0. The van der Waals surface area contributed by atoms with Crippen LogP contribution in [0.2, 0.25) is 0 Å². The van der Waals surface area contributed by atoms with E-state index < -0.39 is 10.1 Å². The zero-order valence-corrected chi connectivity index (χ0v) is 14.6. The summed E-state index contributed by atoms with van der Waals surface area (Å²) in [6, 6.07) is 9.76. The van der Waals surface area contributed by atoms with Gasteiger partial charge in [-0.1, -0.05) is 12.1 Å². The van der Waals surface area contributed by atoms with E-state index in [0.29, 0.717) is 30.1 Å². The average Bonchev–Trinajstić information content (AvgIpc) is 2.58. The standard InChI is InChI=1S/C17H20O6S/c1-21-15-11-17(23-3)16(22-2)10-13(15)7-4-12-5-8-14(9-6-12)24(18,19)20/h5-6,8-11H,4,7H2,1-3H3,(H,18,19,20). The molecule has 7 heteroatoms. The van der Waals surface area contributed by atoms with E-state index >= 15 is 0 Å². The molecular formula is C17H20O6S. The molecule has 0 aromatic heterocycles. The van der Waals surface area contributed by atoms with Gasteiger partial charge < -0.3 is 14.2 Å². The Morgan fingerprint density at radius 1 is 0.833 bits per heavy atom. The van der Waals surface area contributed by atoms with E-state index in [9.17, 15) is 8.42 Å². The molecule has 0 aliphatic heterocycles. The van der Waals surface area contributed by atoms with Crippen molar-refractivity contribution >= 4 is 10.1 Å². The van der Waals surface area contributed by atoms with Crippen molar-refractivity contribution in [2.75, 3.05) is 21.3 Å². The molecule has 6 nitrogen and oxygen atoms in total. The largest absolute Gasteiger partial charge is 0.496 e. The summed E-state index contributed by atoms with van der Waals surface area (Å²) >= 11 is 0. The summed E-state index contributed by atoms with van der Waals surface area (Å²) in [7, 11) is 0.559. The zero-order valence-electron chi connectivity index (χ0n) is 13.8. The lowest BCUT2D eigenvalue weighted by atomic mass is 10.0. The van der Waals surface area contributed by atoms with Crippen LogP contribution in [0.15, 0.2) is 41.3 Å². The average molecular weight is 352 g/mol. The fourth-order valence-electron chi connectivity index (χ4n) is 2.39. The Kier molecular flexibility index (Phi) is 5.69. The Bertz CT molecular complexity index is 797. The van der Waals surface area contributed by atoms with Crippen molar-refractivity contribution in [1.29, 1.82) is 0 Å². The minimum Gasteiger partial charge on any atom is -0.496 e. The normalized spacial score (nSPS) is 11.2. The van der Waals surface area contributed by atoms with Gasteiger partial charge in [0.1, 0.15) is 5.75 Å². The first-order valence-electron chi connectivity index (χ1n) is 7.24. The third-order valence-electron chi connectivity index (χ3n) is 3.69. The summed E-state index contributed by atoms with van der Waals surface area (Å²) in [5, 5.41) is 0. The molecule has 0 saturated heterocycles. The number of methoxy groups -OCH3 is 3. The van der Waals surface area contributed by atoms with E-state index in [1.165, 1.54) is 12.1 Å². The van der Waals surface area contributed by atoms with Gasteiger partial charge in [-0.15, -0.1) is 0 Å². The summed E-state index contributed by atoms with van der Waals surface area (Å²) in [5.41, 5.74) is 1.90. The first kappa shape index (κ1) is 18.1. The van der Waals surface area contributed by atoms with Crippen LogP contribution in [0, 0.1) is 0 Å². The lowest BCUT2D eigenvalue weighted by molar-refractivity contribution is 0.347. The Morgan fingerprint density at radius 2 is 1.38 bits per heavy atom. The topological polar surface area (TPSA) is 82.1 Å². The van der Waals surface area contributed by atoms with Crippen molar-refractivity contribution in [1.82, 2.24) is 0 Å². The second-order valence-electron chi connectivity index (χ2n) is 5.14. The van der Waals surface area contributed by atoms with Crippen molar-refractivity contribution < 1.29 is 27.2 Å². The van der Waals surface area contributed by atoms with Gasteiger partial charge in [-0.25, -0.2) is 0 Å². The maximum atomic E-state index is 11.1. The number of hydrogen-bond donors (Lipinski definition) is 1. The molecule has 2 rings (SSSR count). The Balaban J connectivity index is 2.19. The highest BCUT2D eigenvalue weighted by atomic mass is 32.2. The third-order valence-corrected chi connectivity index (χ3v) is 4.56. The molecule has 0 spiro atoms. The molecule has 0 saturated carbocycles. The number of aryl methyl sites for hydroxylation is 2. The first-order chi connectivity index (χ1) is 11.4. The van der Waals surface area contributed by atoms with Gasteiger partial charge in [0, 0.05) is 6.07 Å². The highest BCUT2D eigenvalue weighted by Gasteiger charge is 2.12. The van der Waals surface area contributed by atoms with Gasteiger partial charge >= 0.3 is 0 Å². The maximum Gasteiger partial charge on any atom is 0.294 e. The van der Waals surface area contributed by atoms with Crippen LogP contribution in [-0.4, -0.2) is 34.3 Å². The molecular weight excluding hydrogens is 332 g/mol. The first-order valence-corrected chi connectivity index (χ1v) is 8.68. The second-order valence-corrected chi connectivity index (χ2v) is 6.56. The molecule has 0 aliphatic rings. The fraction of sp³-hybridized carbons (Fsp3) is 0.294. The zero-order chi connectivity index (χ0) is 17.7. The van der Waals surface area contributed by atoms with Crippen molar-refractivity contribution in [3.05, 3.63) is 47.5 Å². The lowest BCUT2D eigenvalue weighted by Gasteiger charge is -2.14. The molecule has 0 heterocycles. The lowest BCUT2D eigenvalue weighted by Crippen LogP contribution is -2.00. The van der Waals surface area contributed by atoms with Gasteiger partial charge in [-0.3, -0.25) is 4.55 Å². The molecule has 0 unspecified atom stereocenters. The van der Waals surface area contributed by atoms with Crippen LogP contribution in [-0.2, 0) is 23.0 Å². The van der Waals surface area contributed by atoms with Gasteiger partial charge in [0.2, 0.25) is 0 Å². The van der Waals surface area contributed by atoms with Crippen molar-refractivity contribution in [2.45, 2.75) is 17.7 Å². The molecule has 0 bridgehead atoms. The molecule has 0 fully saturated rings. The summed E-state index contributed by atoms with van der Waals surface area (Å²) in [6.07, 6.45) is 1.35. The van der Waals surface area contributed by atoms with Crippen molar-refractivity contribution in [3.8, 4) is 17.2 Å². The predicted molar refractivity (Wildman–Crippen MR) is 89.8 cm³/mol. The molecule has 24 heavy (non-hydrogen) atoms. The quantitative estimate of drug-likeness (QED) is 0.772. The number of ether oxygens (including phenoxy) is 3. The predicted octanol–water partition coefficient (Wildman–Crippen LogP) is 2.74.